The lowest BCUT2D eigenvalue weighted by molar-refractivity contribution is 0.372. The maximum Gasteiger partial charge on any atom is 0.193 e. The third-order valence-electron chi connectivity index (χ3n) is 4.98. The van der Waals surface area contributed by atoms with Crippen LogP contribution in [-0.2, 0) is 6.42 Å². The minimum Gasteiger partial charge on any atom is -0.356 e. The van der Waals surface area contributed by atoms with Crippen LogP contribution in [0, 0.1) is 0 Å². The molecule has 0 aromatic carbocycles. The Hall–Kier alpha value is -3.09. The Morgan fingerprint density at radius 2 is 1.96 bits per heavy atom. The predicted octanol–water partition coefficient (Wildman–Crippen LogP) is 1.90. The molecule has 1 fully saturated rings. The fourth-order valence-corrected chi connectivity index (χ4v) is 3.55. The Balaban J connectivity index is 1.30. The predicted molar refractivity (Wildman–Crippen MR) is 109 cm³/mol. The van der Waals surface area contributed by atoms with E-state index in [0.29, 0.717) is 0 Å². The number of aromatic nitrogens is 3. The van der Waals surface area contributed by atoms with Gasteiger partial charge in [-0.25, -0.2) is 9.97 Å². The summed E-state index contributed by atoms with van der Waals surface area (Å²) in [7, 11) is 1.85. The van der Waals surface area contributed by atoms with Crippen molar-refractivity contribution in [1.82, 2.24) is 25.2 Å². The maximum atomic E-state index is 4.47. The Labute approximate surface area is 159 Å². The van der Waals surface area contributed by atoms with Crippen molar-refractivity contribution < 1.29 is 0 Å². The van der Waals surface area contributed by atoms with Gasteiger partial charge in [0.1, 0.15) is 11.5 Å². The molecule has 0 saturated carbocycles. The highest BCUT2D eigenvalue weighted by Gasteiger charge is 2.20. The van der Waals surface area contributed by atoms with Gasteiger partial charge in [0.2, 0.25) is 0 Å². The summed E-state index contributed by atoms with van der Waals surface area (Å²) >= 11 is 0. The van der Waals surface area contributed by atoms with Crippen molar-refractivity contribution in [2.45, 2.75) is 6.42 Å². The molecule has 0 aliphatic carbocycles. The summed E-state index contributed by atoms with van der Waals surface area (Å²) in [5.74, 6) is 2.02. The number of pyridine rings is 2. The summed E-state index contributed by atoms with van der Waals surface area (Å²) < 4.78 is 0. The summed E-state index contributed by atoms with van der Waals surface area (Å²) in [6.07, 6.45) is 6.64. The van der Waals surface area contributed by atoms with E-state index in [0.717, 1.165) is 56.6 Å². The third-order valence-corrected chi connectivity index (χ3v) is 4.98. The molecule has 4 heterocycles. The lowest BCUT2D eigenvalue weighted by Crippen LogP contribution is -2.53. The van der Waals surface area contributed by atoms with Gasteiger partial charge in [0, 0.05) is 63.7 Å². The summed E-state index contributed by atoms with van der Waals surface area (Å²) in [6, 6.07) is 10.1. The number of aromatic amines is 1. The first-order valence-corrected chi connectivity index (χ1v) is 9.38. The summed E-state index contributed by atoms with van der Waals surface area (Å²) in [4.78, 5) is 21.1. The Kier molecular flexibility index (Phi) is 5.18. The molecule has 3 aromatic heterocycles. The van der Waals surface area contributed by atoms with Crippen molar-refractivity contribution in [3.63, 3.8) is 0 Å². The van der Waals surface area contributed by atoms with Crippen LogP contribution in [0.5, 0.6) is 0 Å². The monoisotopic (exact) mass is 363 g/mol. The van der Waals surface area contributed by atoms with Crippen LogP contribution < -0.4 is 10.2 Å². The summed E-state index contributed by atoms with van der Waals surface area (Å²) in [6.45, 7) is 4.62. The number of guanidine groups is 1. The lowest BCUT2D eigenvalue weighted by atomic mass is 10.1. The number of piperazine rings is 1. The number of fused-ring (bicyclic) bond motifs is 1. The molecule has 4 rings (SSSR count). The normalized spacial score (nSPS) is 15.4. The molecule has 140 valence electrons. The SMILES string of the molecule is CN=C(NCCc1c[nH]c2ncccc12)N1CCN(c2ccccn2)CC1. The first kappa shape index (κ1) is 17.3. The van der Waals surface area contributed by atoms with Crippen molar-refractivity contribution >= 4 is 22.8 Å². The topological polar surface area (TPSA) is 72.4 Å². The second-order valence-electron chi connectivity index (χ2n) is 6.60. The smallest absolute Gasteiger partial charge is 0.193 e. The van der Waals surface area contributed by atoms with E-state index in [1.165, 1.54) is 10.9 Å². The second-order valence-corrected chi connectivity index (χ2v) is 6.60. The standard InChI is InChI=1S/C20H25N7/c1-21-20(24-10-7-16-15-25-19-17(16)5-4-9-23-19)27-13-11-26(12-14-27)18-6-2-3-8-22-18/h2-6,8-9,15H,7,10-14H2,1H3,(H,21,24)(H,23,25). The highest BCUT2D eigenvalue weighted by molar-refractivity contribution is 5.81. The zero-order chi connectivity index (χ0) is 18.5. The fraction of sp³-hybridized carbons (Fsp3) is 0.350. The number of nitrogens with one attached hydrogen (secondary N) is 2. The molecule has 1 aliphatic rings. The first-order chi connectivity index (χ1) is 13.3. The molecule has 0 radical (unpaired) electrons. The number of aliphatic imine (C=N–C) groups is 1. The van der Waals surface area contributed by atoms with Crippen molar-refractivity contribution in [3.05, 3.63) is 54.5 Å². The van der Waals surface area contributed by atoms with E-state index in [1.54, 1.807) is 0 Å². The second kappa shape index (κ2) is 8.07. The van der Waals surface area contributed by atoms with Gasteiger partial charge < -0.3 is 20.1 Å². The van der Waals surface area contributed by atoms with Crippen LogP contribution in [-0.4, -0.2) is 65.6 Å². The minimum absolute atomic E-state index is 0.842. The summed E-state index contributed by atoms with van der Waals surface area (Å²) in [5, 5.41) is 4.70. The van der Waals surface area contributed by atoms with Crippen LogP contribution in [0.15, 0.2) is 53.9 Å². The number of rotatable bonds is 4. The van der Waals surface area contributed by atoms with Crippen LogP contribution in [0.3, 0.4) is 0 Å². The van der Waals surface area contributed by atoms with E-state index in [9.17, 15) is 0 Å². The van der Waals surface area contributed by atoms with Crippen molar-refractivity contribution in [2.75, 3.05) is 44.7 Å². The Morgan fingerprint density at radius 1 is 1.11 bits per heavy atom. The van der Waals surface area contributed by atoms with Crippen LogP contribution in [0.25, 0.3) is 11.0 Å². The minimum atomic E-state index is 0.842. The molecular weight excluding hydrogens is 338 g/mol. The molecule has 0 unspecified atom stereocenters. The zero-order valence-electron chi connectivity index (χ0n) is 15.6. The van der Waals surface area contributed by atoms with Gasteiger partial charge >= 0.3 is 0 Å². The average molecular weight is 363 g/mol. The zero-order valence-corrected chi connectivity index (χ0v) is 15.6. The van der Waals surface area contributed by atoms with Crippen LogP contribution in [0.2, 0.25) is 0 Å². The molecule has 2 N–H and O–H groups in total. The number of anilines is 1. The third kappa shape index (κ3) is 3.86. The number of hydrogen-bond acceptors (Lipinski definition) is 4. The van der Waals surface area contributed by atoms with E-state index < -0.39 is 0 Å². The molecule has 7 nitrogen and oxygen atoms in total. The van der Waals surface area contributed by atoms with Crippen LogP contribution in [0.1, 0.15) is 5.56 Å². The largest absolute Gasteiger partial charge is 0.356 e. The van der Waals surface area contributed by atoms with Gasteiger partial charge in [-0.2, -0.15) is 0 Å². The number of H-pyrrole nitrogens is 1. The van der Waals surface area contributed by atoms with Crippen molar-refractivity contribution in [1.29, 1.82) is 0 Å². The van der Waals surface area contributed by atoms with Crippen molar-refractivity contribution in [3.8, 4) is 0 Å². The highest BCUT2D eigenvalue weighted by atomic mass is 15.4. The van der Waals surface area contributed by atoms with Gasteiger partial charge in [0.25, 0.3) is 0 Å². The molecule has 27 heavy (non-hydrogen) atoms. The van der Waals surface area contributed by atoms with Gasteiger partial charge in [-0.05, 0) is 36.2 Å². The van der Waals surface area contributed by atoms with Gasteiger partial charge in [0.05, 0.1) is 0 Å². The molecule has 3 aromatic rings. The van der Waals surface area contributed by atoms with Gasteiger partial charge in [-0.15, -0.1) is 0 Å². The molecule has 0 atom stereocenters. The molecule has 0 bridgehead atoms. The number of nitrogens with zero attached hydrogens (tertiary/aromatic N) is 5. The molecule has 1 aliphatic heterocycles. The first-order valence-electron chi connectivity index (χ1n) is 9.38. The van der Waals surface area contributed by atoms with E-state index in [2.05, 4.69) is 47.2 Å². The van der Waals surface area contributed by atoms with E-state index in [-0.39, 0.29) is 0 Å². The Bertz CT molecular complexity index is 895. The average Bonchev–Trinajstić information content (AvgIpc) is 3.15. The van der Waals surface area contributed by atoms with E-state index in [4.69, 9.17) is 0 Å². The van der Waals surface area contributed by atoms with Crippen molar-refractivity contribution in [2.24, 2.45) is 4.99 Å². The molecule has 0 amide bonds. The van der Waals surface area contributed by atoms with E-state index >= 15 is 0 Å². The maximum absolute atomic E-state index is 4.47. The van der Waals surface area contributed by atoms with Crippen LogP contribution in [0.4, 0.5) is 5.82 Å². The van der Waals surface area contributed by atoms with Gasteiger partial charge in [-0.3, -0.25) is 4.99 Å². The Morgan fingerprint density at radius 3 is 2.74 bits per heavy atom. The molecule has 0 spiro atoms. The summed E-state index contributed by atoms with van der Waals surface area (Å²) in [5.41, 5.74) is 2.23. The quantitative estimate of drug-likeness (QED) is 0.547. The lowest BCUT2D eigenvalue weighted by Gasteiger charge is -2.37. The highest BCUT2D eigenvalue weighted by Crippen LogP contribution is 2.16. The van der Waals surface area contributed by atoms with Gasteiger partial charge in [-0.1, -0.05) is 6.07 Å². The molecular formula is C20H25N7. The molecule has 1 saturated heterocycles. The van der Waals surface area contributed by atoms with Crippen LogP contribution >= 0.6 is 0 Å². The molecule has 7 heteroatoms. The number of hydrogen-bond donors (Lipinski definition) is 2. The van der Waals surface area contributed by atoms with Gasteiger partial charge in [0.15, 0.2) is 5.96 Å². The fourth-order valence-electron chi connectivity index (χ4n) is 3.55. The van der Waals surface area contributed by atoms with E-state index in [1.807, 2.05) is 43.8 Å².